The third-order valence-corrected chi connectivity index (χ3v) is 4.11. The molecule has 0 fully saturated rings. The second kappa shape index (κ2) is 8.91. The van der Waals surface area contributed by atoms with E-state index in [1.54, 1.807) is 24.3 Å². The van der Waals surface area contributed by atoms with E-state index in [2.05, 4.69) is 4.74 Å². The van der Waals surface area contributed by atoms with Crippen LogP contribution in [0.15, 0.2) is 66.9 Å². The van der Waals surface area contributed by atoms with Gasteiger partial charge in [0, 0.05) is 11.8 Å². The van der Waals surface area contributed by atoms with Crippen molar-refractivity contribution in [1.29, 1.82) is 10.8 Å². The molecular weight excluding hydrogens is 402 g/mol. The van der Waals surface area contributed by atoms with Crippen molar-refractivity contribution in [3.63, 3.8) is 0 Å². The minimum atomic E-state index is -4.77. The fourth-order valence-electron chi connectivity index (χ4n) is 2.69. The Morgan fingerprint density at radius 3 is 2.27 bits per heavy atom. The second-order valence-corrected chi connectivity index (χ2v) is 6.28. The van der Waals surface area contributed by atoms with Gasteiger partial charge >= 0.3 is 6.36 Å². The van der Waals surface area contributed by atoms with E-state index in [4.69, 9.17) is 15.6 Å². The lowest BCUT2D eigenvalue weighted by Crippen LogP contribution is -2.29. The number of alkyl halides is 3. The van der Waals surface area contributed by atoms with E-state index in [1.807, 2.05) is 0 Å². The summed E-state index contributed by atoms with van der Waals surface area (Å²) in [5, 5.41) is 16.1. The number of nitrogens with zero attached hydrogens (tertiary/aromatic N) is 1. The number of halogens is 4. The maximum Gasteiger partial charge on any atom is 0.573 e. The molecule has 2 aromatic carbocycles. The van der Waals surface area contributed by atoms with Crippen LogP contribution < -0.4 is 10.2 Å². The van der Waals surface area contributed by atoms with Crippen LogP contribution in [0, 0.1) is 16.6 Å². The SMILES string of the molecule is N=C(COCc1ccccc1F)n1cc(-c2ccc(OC(F)(F)F)cc2)ccc1=N. The summed E-state index contributed by atoms with van der Waals surface area (Å²) >= 11 is 0. The van der Waals surface area contributed by atoms with E-state index in [9.17, 15) is 17.6 Å². The van der Waals surface area contributed by atoms with Crippen molar-refractivity contribution in [2.24, 2.45) is 0 Å². The summed E-state index contributed by atoms with van der Waals surface area (Å²) in [6, 6.07) is 14.5. The van der Waals surface area contributed by atoms with Crippen LogP contribution in [0.1, 0.15) is 5.56 Å². The molecule has 30 heavy (non-hydrogen) atoms. The molecule has 5 nitrogen and oxygen atoms in total. The number of aromatic nitrogens is 1. The van der Waals surface area contributed by atoms with Crippen LogP contribution >= 0.6 is 0 Å². The van der Waals surface area contributed by atoms with Gasteiger partial charge in [-0.3, -0.25) is 15.4 Å². The molecule has 156 valence electrons. The van der Waals surface area contributed by atoms with Crippen LogP contribution in [0.5, 0.6) is 5.75 Å². The molecule has 1 heterocycles. The summed E-state index contributed by atoms with van der Waals surface area (Å²) in [4.78, 5) is 0. The first-order valence-electron chi connectivity index (χ1n) is 8.75. The van der Waals surface area contributed by atoms with Gasteiger partial charge in [0.05, 0.1) is 6.61 Å². The summed E-state index contributed by atoms with van der Waals surface area (Å²) in [6.45, 7) is -0.185. The van der Waals surface area contributed by atoms with E-state index in [-0.39, 0.29) is 30.3 Å². The van der Waals surface area contributed by atoms with E-state index < -0.39 is 12.2 Å². The Balaban J connectivity index is 1.71. The third-order valence-electron chi connectivity index (χ3n) is 4.11. The zero-order valence-electron chi connectivity index (χ0n) is 15.5. The highest BCUT2D eigenvalue weighted by Gasteiger charge is 2.30. The van der Waals surface area contributed by atoms with E-state index in [1.165, 1.54) is 47.2 Å². The monoisotopic (exact) mass is 419 g/mol. The fourth-order valence-corrected chi connectivity index (χ4v) is 2.69. The quantitative estimate of drug-likeness (QED) is 0.345. The Morgan fingerprint density at radius 1 is 0.933 bits per heavy atom. The molecule has 0 amide bonds. The predicted molar refractivity (Wildman–Crippen MR) is 102 cm³/mol. The number of benzene rings is 2. The molecule has 0 aliphatic carbocycles. The van der Waals surface area contributed by atoms with Crippen molar-refractivity contribution in [3.05, 3.63) is 83.7 Å². The molecule has 2 N–H and O–H groups in total. The molecule has 9 heteroatoms. The minimum absolute atomic E-state index is 0.0234. The number of nitrogens with one attached hydrogen (secondary N) is 2. The number of pyridine rings is 1. The summed E-state index contributed by atoms with van der Waals surface area (Å²) < 4.78 is 61.0. The second-order valence-electron chi connectivity index (χ2n) is 6.28. The van der Waals surface area contributed by atoms with Crippen LogP contribution in [0.4, 0.5) is 17.6 Å². The lowest BCUT2D eigenvalue weighted by Gasteiger charge is -2.13. The summed E-state index contributed by atoms with van der Waals surface area (Å²) in [5.41, 5.74) is 1.55. The average molecular weight is 419 g/mol. The largest absolute Gasteiger partial charge is 0.573 e. The molecule has 0 unspecified atom stereocenters. The lowest BCUT2D eigenvalue weighted by molar-refractivity contribution is -0.274. The van der Waals surface area contributed by atoms with Crippen molar-refractivity contribution in [1.82, 2.24) is 4.57 Å². The average Bonchev–Trinajstić information content (AvgIpc) is 2.69. The molecular formula is C21H17F4N3O2. The highest BCUT2D eigenvalue weighted by Crippen LogP contribution is 2.26. The molecule has 0 atom stereocenters. The smallest absolute Gasteiger partial charge is 0.406 e. The van der Waals surface area contributed by atoms with Crippen molar-refractivity contribution in [3.8, 4) is 16.9 Å². The maximum atomic E-state index is 13.6. The minimum Gasteiger partial charge on any atom is -0.406 e. The van der Waals surface area contributed by atoms with E-state index in [0.29, 0.717) is 16.7 Å². The molecule has 0 radical (unpaired) electrons. The molecule has 0 spiro atoms. The molecule has 0 bridgehead atoms. The first kappa shape index (κ1) is 21.3. The maximum absolute atomic E-state index is 13.6. The highest BCUT2D eigenvalue weighted by atomic mass is 19.4. The van der Waals surface area contributed by atoms with Gasteiger partial charge in [0.1, 0.15) is 29.5 Å². The summed E-state index contributed by atoms with van der Waals surface area (Å²) in [7, 11) is 0. The first-order valence-corrected chi connectivity index (χ1v) is 8.75. The van der Waals surface area contributed by atoms with Gasteiger partial charge in [-0.1, -0.05) is 30.3 Å². The van der Waals surface area contributed by atoms with Crippen molar-refractivity contribution >= 4 is 5.84 Å². The molecule has 0 aliphatic rings. The van der Waals surface area contributed by atoms with Gasteiger partial charge in [-0.25, -0.2) is 4.39 Å². The van der Waals surface area contributed by atoms with Crippen LogP contribution in [0.3, 0.4) is 0 Å². The van der Waals surface area contributed by atoms with Gasteiger partial charge in [0.25, 0.3) is 0 Å². The Morgan fingerprint density at radius 2 is 1.60 bits per heavy atom. The topological polar surface area (TPSA) is 71.1 Å². The molecule has 3 aromatic rings. The van der Waals surface area contributed by atoms with Crippen molar-refractivity contribution in [2.75, 3.05) is 6.61 Å². The van der Waals surface area contributed by atoms with Gasteiger partial charge in [0.2, 0.25) is 0 Å². The third kappa shape index (κ3) is 5.54. The number of hydrogen-bond acceptors (Lipinski definition) is 4. The summed E-state index contributed by atoms with van der Waals surface area (Å²) in [6.07, 6.45) is -3.26. The van der Waals surface area contributed by atoms with Crippen LogP contribution in [0.25, 0.3) is 11.1 Å². The van der Waals surface area contributed by atoms with Gasteiger partial charge in [-0.15, -0.1) is 13.2 Å². The molecule has 0 aliphatic heterocycles. The van der Waals surface area contributed by atoms with Crippen LogP contribution in [-0.4, -0.2) is 23.4 Å². The first-order chi connectivity index (χ1) is 14.2. The number of ether oxygens (including phenoxy) is 2. The molecule has 0 saturated carbocycles. The zero-order chi connectivity index (χ0) is 21.7. The Bertz CT molecular complexity index is 1090. The Kier molecular flexibility index (Phi) is 6.31. The number of rotatable bonds is 6. The van der Waals surface area contributed by atoms with Crippen LogP contribution in [0.2, 0.25) is 0 Å². The Hall–Kier alpha value is -3.46. The highest BCUT2D eigenvalue weighted by molar-refractivity contribution is 5.83. The van der Waals surface area contributed by atoms with E-state index in [0.717, 1.165) is 0 Å². The van der Waals surface area contributed by atoms with Gasteiger partial charge in [0.15, 0.2) is 0 Å². The standard InChI is InChI=1S/C21H17F4N3O2/c22-18-4-2-1-3-16(18)12-29-13-20(27)28-11-15(7-10-19(28)26)14-5-8-17(9-6-14)30-21(23,24)25/h1-11,26-27H,12-13H2. The normalized spacial score (nSPS) is 11.3. The number of hydrogen-bond donors (Lipinski definition) is 2. The fraction of sp³-hybridized carbons (Fsp3) is 0.143. The van der Waals surface area contributed by atoms with Crippen LogP contribution in [-0.2, 0) is 11.3 Å². The van der Waals surface area contributed by atoms with Gasteiger partial charge in [-0.05, 0) is 41.5 Å². The zero-order valence-corrected chi connectivity index (χ0v) is 15.5. The predicted octanol–water partition coefficient (Wildman–Crippen LogP) is 4.71. The molecule has 0 saturated heterocycles. The van der Waals surface area contributed by atoms with Gasteiger partial charge < -0.3 is 9.47 Å². The van der Waals surface area contributed by atoms with Gasteiger partial charge in [-0.2, -0.15) is 0 Å². The van der Waals surface area contributed by atoms with Crippen molar-refractivity contribution < 1.29 is 27.0 Å². The van der Waals surface area contributed by atoms with Crippen molar-refractivity contribution in [2.45, 2.75) is 13.0 Å². The van der Waals surface area contributed by atoms with E-state index >= 15 is 0 Å². The molecule has 3 rings (SSSR count). The lowest BCUT2D eigenvalue weighted by atomic mass is 10.1. The Labute approximate surface area is 169 Å². The summed E-state index contributed by atoms with van der Waals surface area (Å²) in [5.74, 6) is -0.793. The molecule has 1 aromatic heterocycles.